The molecule has 2 aromatic carbocycles. The summed E-state index contributed by atoms with van der Waals surface area (Å²) in [7, 11) is 3.39. The molecule has 0 saturated carbocycles. The minimum atomic E-state index is -0.160. The van der Waals surface area contributed by atoms with Crippen molar-refractivity contribution in [2.45, 2.75) is 37.3 Å². The van der Waals surface area contributed by atoms with Crippen LogP contribution in [0.2, 0.25) is 0 Å². The van der Waals surface area contributed by atoms with Gasteiger partial charge in [-0.15, -0.1) is 0 Å². The highest BCUT2D eigenvalue weighted by Gasteiger charge is 2.42. The highest BCUT2D eigenvalue weighted by Crippen LogP contribution is 2.40. The Bertz CT molecular complexity index is 746. The Morgan fingerprint density at radius 1 is 0.667 bits per heavy atom. The maximum absolute atomic E-state index is 6.61. The number of hydrogen-bond acceptors (Lipinski definition) is 7. The van der Waals surface area contributed by atoms with Gasteiger partial charge < -0.3 is 33.2 Å². The molecule has 2 aliphatic rings. The maximum Gasteiger partial charge on any atom is 0.119 e. The third kappa shape index (κ3) is 7.42. The molecule has 4 rings (SSSR count). The summed E-state index contributed by atoms with van der Waals surface area (Å²) in [5.41, 5.74) is 2.15. The van der Waals surface area contributed by atoms with Gasteiger partial charge in [-0.3, -0.25) is 0 Å². The minimum Gasteiger partial charge on any atom is -0.494 e. The van der Waals surface area contributed by atoms with Crippen LogP contribution >= 0.6 is 0 Å². The van der Waals surface area contributed by atoms with Crippen molar-refractivity contribution in [2.24, 2.45) is 0 Å². The molecule has 4 atom stereocenters. The predicted molar refractivity (Wildman–Crippen MR) is 123 cm³/mol. The third-order valence-electron chi connectivity index (χ3n) is 5.63. The van der Waals surface area contributed by atoms with Gasteiger partial charge >= 0.3 is 0 Å². The molecule has 2 saturated heterocycles. The molecule has 0 aliphatic carbocycles. The molecule has 2 heterocycles. The topological polar surface area (TPSA) is 71.2 Å². The zero-order valence-corrected chi connectivity index (χ0v) is 19.4. The number of benzene rings is 2. The largest absolute Gasteiger partial charge is 0.494 e. The zero-order valence-electron chi connectivity index (χ0n) is 19.4. The molecule has 7 nitrogen and oxygen atoms in total. The molecule has 0 bridgehead atoms. The van der Waals surface area contributed by atoms with Gasteiger partial charge in [0.2, 0.25) is 0 Å². The summed E-state index contributed by atoms with van der Waals surface area (Å²) < 4.78 is 39.5. The van der Waals surface area contributed by atoms with Crippen LogP contribution in [-0.4, -0.2) is 66.1 Å². The molecule has 2 aliphatic heterocycles. The lowest BCUT2D eigenvalue weighted by Crippen LogP contribution is -2.19. The Morgan fingerprint density at radius 2 is 1.06 bits per heavy atom. The van der Waals surface area contributed by atoms with Crippen LogP contribution in [0.3, 0.4) is 0 Å². The van der Waals surface area contributed by atoms with Gasteiger partial charge in [0.05, 0.1) is 26.4 Å². The third-order valence-corrected chi connectivity index (χ3v) is 5.63. The first-order chi connectivity index (χ1) is 16.3. The highest BCUT2D eigenvalue weighted by molar-refractivity contribution is 5.32. The zero-order chi connectivity index (χ0) is 22.9. The van der Waals surface area contributed by atoms with Crippen LogP contribution in [0.15, 0.2) is 48.5 Å². The number of rotatable bonds is 16. The van der Waals surface area contributed by atoms with E-state index in [1.807, 2.05) is 24.3 Å². The van der Waals surface area contributed by atoms with Gasteiger partial charge in [0.25, 0.3) is 0 Å². The smallest absolute Gasteiger partial charge is 0.119 e. The molecule has 0 aromatic heterocycles. The fourth-order valence-corrected chi connectivity index (χ4v) is 3.67. The van der Waals surface area contributed by atoms with Crippen molar-refractivity contribution in [3.63, 3.8) is 0 Å². The molecule has 0 amide bonds. The lowest BCUT2D eigenvalue weighted by molar-refractivity contribution is -0.0419. The average molecular weight is 459 g/mol. The number of hydrogen-bond donors (Lipinski definition) is 0. The van der Waals surface area contributed by atoms with Crippen molar-refractivity contribution in [2.75, 3.05) is 53.9 Å². The summed E-state index contributed by atoms with van der Waals surface area (Å²) >= 11 is 0. The number of ether oxygens (including phenoxy) is 7. The molecular weight excluding hydrogens is 424 g/mol. The molecule has 0 N–H and O–H groups in total. The molecule has 7 heteroatoms. The van der Waals surface area contributed by atoms with Crippen LogP contribution in [0.5, 0.6) is 11.5 Å². The van der Waals surface area contributed by atoms with E-state index in [9.17, 15) is 0 Å². The van der Waals surface area contributed by atoms with Crippen LogP contribution in [0.1, 0.15) is 36.2 Å². The Kier molecular flexibility index (Phi) is 8.97. The first-order valence-corrected chi connectivity index (χ1v) is 11.6. The van der Waals surface area contributed by atoms with Crippen molar-refractivity contribution in [1.29, 1.82) is 0 Å². The SMILES string of the molecule is COCCCOc1ccc(C(OC(c2ccc(OCCCOC)cc2)C2CO2)C2CO2)cc1. The first-order valence-electron chi connectivity index (χ1n) is 11.6. The number of epoxide rings is 2. The van der Waals surface area contributed by atoms with Crippen molar-refractivity contribution in [3.05, 3.63) is 59.7 Å². The van der Waals surface area contributed by atoms with E-state index in [0.717, 1.165) is 35.5 Å². The molecule has 180 valence electrons. The molecular formula is C26H34O7. The van der Waals surface area contributed by atoms with Crippen LogP contribution in [0.25, 0.3) is 0 Å². The Morgan fingerprint density at radius 3 is 1.39 bits per heavy atom. The Labute approximate surface area is 195 Å². The highest BCUT2D eigenvalue weighted by atomic mass is 16.6. The van der Waals surface area contributed by atoms with Gasteiger partial charge in [0.15, 0.2) is 0 Å². The summed E-state index contributed by atoms with van der Waals surface area (Å²) in [4.78, 5) is 0. The first kappa shape index (κ1) is 24.0. The second-order valence-electron chi connectivity index (χ2n) is 8.25. The fraction of sp³-hybridized carbons (Fsp3) is 0.538. The Hall–Kier alpha value is -2.16. The van der Waals surface area contributed by atoms with Crippen molar-refractivity contribution in [3.8, 4) is 11.5 Å². The van der Waals surface area contributed by atoms with Crippen molar-refractivity contribution >= 4 is 0 Å². The normalized spacial score (nSPS) is 20.8. The second-order valence-corrected chi connectivity index (χ2v) is 8.25. The summed E-state index contributed by atoms with van der Waals surface area (Å²) in [6.45, 7) is 4.05. The standard InChI is InChI=1S/C26H34O7/c1-27-13-3-15-29-21-9-5-19(6-10-21)25(23-17-31-23)33-26(24-18-32-24)20-7-11-22(12-8-20)30-16-4-14-28-2/h5-12,23-26H,3-4,13-18H2,1-2H3. The quantitative estimate of drug-likeness (QED) is 0.277. The van der Waals surface area contributed by atoms with Crippen LogP contribution in [0, 0.1) is 0 Å². The van der Waals surface area contributed by atoms with Gasteiger partial charge in [0.1, 0.15) is 35.9 Å². The Balaban J connectivity index is 1.37. The van der Waals surface area contributed by atoms with E-state index in [4.69, 9.17) is 33.2 Å². The van der Waals surface area contributed by atoms with E-state index in [1.54, 1.807) is 14.2 Å². The van der Waals surface area contributed by atoms with Crippen molar-refractivity contribution in [1.82, 2.24) is 0 Å². The fourth-order valence-electron chi connectivity index (χ4n) is 3.67. The molecule has 2 fully saturated rings. The van der Waals surface area contributed by atoms with Gasteiger partial charge in [-0.2, -0.15) is 0 Å². The van der Waals surface area contributed by atoms with Gasteiger partial charge in [0, 0.05) is 40.3 Å². The summed E-state index contributed by atoms with van der Waals surface area (Å²) in [6.07, 6.45) is 1.52. The average Bonchev–Trinajstić information content (AvgIpc) is 3.76. The van der Waals surface area contributed by atoms with E-state index < -0.39 is 0 Å². The predicted octanol–water partition coefficient (Wildman–Crippen LogP) is 4.11. The second kappa shape index (κ2) is 12.3. The van der Waals surface area contributed by atoms with Crippen LogP contribution in [0.4, 0.5) is 0 Å². The van der Waals surface area contributed by atoms with E-state index in [0.29, 0.717) is 39.6 Å². The van der Waals surface area contributed by atoms with Crippen LogP contribution < -0.4 is 9.47 Å². The summed E-state index contributed by atoms with van der Waals surface area (Å²) in [6, 6.07) is 16.2. The lowest BCUT2D eigenvalue weighted by atomic mass is 10.0. The monoisotopic (exact) mass is 458 g/mol. The van der Waals surface area contributed by atoms with Gasteiger partial charge in [-0.1, -0.05) is 24.3 Å². The van der Waals surface area contributed by atoms with E-state index >= 15 is 0 Å². The minimum absolute atomic E-state index is 0.0584. The van der Waals surface area contributed by atoms with E-state index in [2.05, 4.69) is 24.3 Å². The molecule has 0 spiro atoms. The summed E-state index contributed by atoms with van der Waals surface area (Å²) in [5.74, 6) is 1.68. The number of methoxy groups -OCH3 is 2. The van der Waals surface area contributed by atoms with Gasteiger partial charge in [-0.05, 0) is 35.4 Å². The maximum atomic E-state index is 6.61. The van der Waals surface area contributed by atoms with Gasteiger partial charge in [-0.25, -0.2) is 0 Å². The molecule has 33 heavy (non-hydrogen) atoms. The van der Waals surface area contributed by atoms with E-state index in [-0.39, 0.29) is 24.4 Å². The van der Waals surface area contributed by atoms with Crippen LogP contribution in [-0.2, 0) is 23.7 Å². The molecule has 4 unspecified atom stereocenters. The lowest BCUT2D eigenvalue weighted by Gasteiger charge is -2.24. The van der Waals surface area contributed by atoms with Crippen molar-refractivity contribution < 1.29 is 33.2 Å². The van der Waals surface area contributed by atoms with E-state index in [1.165, 1.54) is 0 Å². The molecule has 2 aromatic rings. The summed E-state index contributed by atoms with van der Waals surface area (Å²) in [5, 5.41) is 0. The molecule has 0 radical (unpaired) electrons.